The second-order valence-electron chi connectivity index (χ2n) is 5.39. The first kappa shape index (κ1) is 18.9. The molecule has 1 amide bonds. The van der Waals surface area contributed by atoms with Crippen LogP contribution < -0.4 is 10.6 Å². The molecule has 0 aliphatic carbocycles. The number of Topliss-reactive ketones (excluding diaryl/α,β-unsaturated/α-hetero) is 1. The van der Waals surface area contributed by atoms with Crippen molar-refractivity contribution in [1.29, 1.82) is 0 Å². The van der Waals surface area contributed by atoms with Crippen LogP contribution in [0.1, 0.15) is 24.2 Å². The van der Waals surface area contributed by atoms with E-state index < -0.39 is 11.8 Å². The molecule has 0 aliphatic heterocycles. The molecule has 0 unspecified atom stereocenters. The summed E-state index contributed by atoms with van der Waals surface area (Å²) in [6, 6.07) is 12.5. The average Bonchev–Trinajstić information content (AvgIpc) is 2.56. The summed E-state index contributed by atoms with van der Waals surface area (Å²) in [6.07, 6.45) is 0. The van der Waals surface area contributed by atoms with Gasteiger partial charge in [-0.3, -0.25) is 9.59 Å². The maximum Gasteiger partial charge on any atom is 0.288 e. The number of carbonyl (C=O) groups is 2. The van der Waals surface area contributed by atoms with Crippen LogP contribution in [-0.2, 0) is 4.79 Å². The third kappa shape index (κ3) is 5.86. The topological polar surface area (TPSA) is 58.2 Å². The van der Waals surface area contributed by atoms with Crippen molar-refractivity contribution >= 4 is 34.8 Å². The third-order valence-corrected chi connectivity index (χ3v) is 4.14. The van der Waals surface area contributed by atoms with Crippen LogP contribution in [0.4, 0.5) is 20.2 Å². The number of carbonyl (C=O) groups excluding carboxylic acids is 2. The van der Waals surface area contributed by atoms with Crippen molar-refractivity contribution in [2.75, 3.05) is 10.6 Å². The zero-order valence-electron chi connectivity index (χ0n) is 13.8. The molecule has 132 valence electrons. The second kappa shape index (κ2) is 8.62. The molecule has 4 nitrogen and oxygen atoms in total. The van der Waals surface area contributed by atoms with Gasteiger partial charge in [-0.15, -0.1) is 0 Å². The van der Waals surface area contributed by atoms with E-state index in [1.807, 2.05) is 0 Å². The molecule has 25 heavy (non-hydrogen) atoms. The van der Waals surface area contributed by atoms with E-state index in [4.69, 9.17) is 0 Å². The number of thioether (sulfide) groups is 1. The van der Waals surface area contributed by atoms with Crippen LogP contribution >= 0.6 is 11.8 Å². The highest BCUT2D eigenvalue weighted by Gasteiger charge is 2.13. The Kier molecular flexibility index (Phi) is 6.52. The zero-order valence-corrected chi connectivity index (χ0v) is 14.6. The SMILES string of the molecule is CC(=O)c1ccc(NC(=O)[C@@H](C)Nc2ccc(SC(F)F)cc2)cc1. The number of rotatable bonds is 7. The van der Waals surface area contributed by atoms with Gasteiger partial charge in [0.25, 0.3) is 5.76 Å². The Morgan fingerprint density at radius 2 is 1.52 bits per heavy atom. The first-order valence-corrected chi connectivity index (χ1v) is 8.46. The van der Waals surface area contributed by atoms with E-state index in [-0.39, 0.29) is 11.7 Å². The number of anilines is 2. The van der Waals surface area contributed by atoms with Gasteiger partial charge in [-0.05, 0) is 62.4 Å². The molecule has 0 aromatic heterocycles. The van der Waals surface area contributed by atoms with E-state index in [1.54, 1.807) is 55.5 Å². The predicted octanol–water partition coefficient (Wildman–Crippen LogP) is 4.64. The summed E-state index contributed by atoms with van der Waals surface area (Å²) in [5.41, 5.74) is 1.83. The quantitative estimate of drug-likeness (QED) is 0.555. The second-order valence-corrected chi connectivity index (χ2v) is 6.46. The van der Waals surface area contributed by atoms with Gasteiger partial charge in [0.1, 0.15) is 6.04 Å². The van der Waals surface area contributed by atoms with E-state index in [9.17, 15) is 18.4 Å². The first-order valence-electron chi connectivity index (χ1n) is 7.58. The molecule has 0 fully saturated rings. The largest absolute Gasteiger partial charge is 0.374 e. The molecule has 7 heteroatoms. The molecule has 2 N–H and O–H groups in total. The van der Waals surface area contributed by atoms with Gasteiger partial charge in [0.15, 0.2) is 5.78 Å². The number of hydrogen-bond donors (Lipinski definition) is 2. The molecule has 0 heterocycles. The molecule has 0 saturated carbocycles. The lowest BCUT2D eigenvalue weighted by molar-refractivity contribution is -0.116. The Hall–Kier alpha value is -2.41. The molecule has 2 rings (SSSR count). The van der Waals surface area contributed by atoms with Gasteiger partial charge in [-0.1, -0.05) is 11.8 Å². The van der Waals surface area contributed by atoms with Crippen LogP contribution in [0.3, 0.4) is 0 Å². The highest BCUT2D eigenvalue weighted by Crippen LogP contribution is 2.26. The summed E-state index contributed by atoms with van der Waals surface area (Å²) in [6.45, 7) is 3.17. The third-order valence-electron chi connectivity index (χ3n) is 3.41. The number of halogens is 2. The minimum Gasteiger partial charge on any atom is -0.374 e. The summed E-state index contributed by atoms with van der Waals surface area (Å²) in [5, 5.41) is 5.76. The lowest BCUT2D eigenvalue weighted by atomic mass is 10.1. The summed E-state index contributed by atoms with van der Waals surface area (Å²) >= 11 is 0.473. The van der Waals surface area contributed by atoms with E-state index in [2.05, 4.69) is 10.6 Å². The number of ketones is 1. The Bertz CT molecular complexity index is 734. The fraction of sp³-hybridized carbons (Fsp3) is 0.222. The molecular weight excluding hydrogens is 346 g/mol. The number of amides is 1. The standard InChI is InChI=1S/C18H18F2N2O2S/c1-11(21-14-7-9-16(10-8-14)25-18(19)20)17(24)22-15-5-3-13(4-6-15)12(2)23/h3-11,18,21H,1-2H3,(H,22,24)/t11-/m1/s1. The Labute approximate surface area is 149 Å². The van der Waals surface area contributed by atoms with Gasteiger partial charge >= 0.3 is 0 Å². The predicted molar refractivity (Wildman–Crippen MR) is 96.5 cm³/mol. The molecule has 1 atom stereocenters. The van der Waals surface area contributed by atoms with Crippen molar-refractivity contribution in [3.05, 3.63) is 54.1 Å². The highest BCUT2D eigenvalue weighted by atomic mass is 32.2. The van der Waals surface area contributed by atoms with Crippen LogP contribution in [0, 0.1) is 0 Å². The van der Waals surface area contributed by atoms with Crippen LogP contribution in [-0.4, -0.2) is 23.5 Å². The average molecular weight is 364 g/mol. The van der Waals surface area contributed by atoms with Gasteiger partial charge in [0.2, 0.25) is 5.91 Å². The van der Waals surface area contributed by atoms with Crippen molar-refractivity contribution in [2.24, 2.45) is 0 Å². The van der Waals surface area contributed by atoms with Crippen molar-refractivity contribution < 1.29 is 18.4 Å². The maximum atomic E-state index is 12.3. The summed E-state index contributed by atoms with van der Waals surface area (Å²) in [7, 11) is 0. The Morgan fingerprint density at radius 1 is 0.960 bits per heavy atom. The lowest BCUT2D eigenvalue weighted by Crippen LogP contribution is -2.31. The summed E-state index contributed by atoms with van der Waals surface area (Å²) in [5.74, 6) is -2.75. The van der Waals surface area contributed by atoms with Crippen molar-refractivity contribution in [3.63, 3.8) is 0 Å². The fourth-order valence-electron chi connectivity index (χ4n) is 2.09. The molecular formula is C18H18F2N2O2S. The minimum absolute atomic E-state index is 0.0404. The van der Waals surface area contributed by atoms with Crippen LogP contribution in [0.2, 0.25) is 0 Å². The molecule has 0 bridgehead atoms. The number of hydrogen-bond acceptors (Lipinski definition) is 4. The number of nitrogens with one attached hydrogen (secondary N) is 2. The lowest BCUT2D eigenvalue weighted by Gasteiger charge is -2.15. The summed E-state index contributed by atoms with van der Waals surface area (Å²) in [4.78, 5) is 23.9. The summed E-state index contributed by atoms with van der Waals surface area (Å²) < 4.78 is 24.6. The fourth-order valence-corrected chi connectivity index (χ4v) is 2.59. The van der Waals surface area contributed by atoms with Gasteiger partial charge in [-0.25, -0.2) is 0 Å². The van der Waals surface area contributed by atoms with E-state index >= 15 is 0 Å². The van der Waals surface area contributed by atoms with Crippen molar-refractivity contribution in [2.45, 2.75) is 30.5 Å². The highest BCUT2D eigenvalue weighted by molar-refractivity contribution is 7.99. The molecule has 2 aromatic rings. The van der Waals surface area contributed by atoms with Gasteiger partial charge in [0.05, 0.1) is 0 Å². The number of alkyl halides is 2. The minimum atomic E-state index is -2.46. The molecule has 2 aromatic carbocycles. The van der Waals surface area contributed by atoms with E-state index in [1.165, 1.54) is 6.92 Å². The van der Waals surface area contributed by atoms with E-state index in [0.29, 0.717) is 33.6 Å². The Balaban J connectivity index is 1.92. The maximum absolute atomic E-state index is 12.3. The van der Waals surface area contributed by atoms with Gasteiger partial charge in [0, 0.05) is 21.8 Å². The smallest absolute Gasteiger partial charge is 0.288 e. The van der Waals surface area contributed by atoms with Crippen LogP contribution in [0.15, 0.2) is 53.4 Å². The monoisotopic (exact) mass is 364 g/mol. The molecule has 0 spiro atoms. The Morgan fingerprint density at radius 3 is 2.04 bits per heavy atom. The van der Waals surface area contributed by atoms with Crippen molar-refractivity contribution in [3.8, 4) is 0 Å². The normalized spacial score (nSPS) is 11.9. The van der Waals surface area contributed by atoms with Crippen molar-refractivity contribution in [1.82, 2.24) is 0 Å². The molecule has 0 aliphatic rings. The molecule has 0 saturated heterocycles. The first-order chi connectivity index (χ1) is 11.8. The van der Waals surface area contributed by atoms with Crippen LogP contribution in [0.25, 0.3) is 0 Å². The molecule has 0 radical (unpaired) electrons. The van der Waals surface area contributed by atoms with Crippen LogP contribution in [0.5, 0.6) is 0 Å². The number of benzene rings is 2. The zero-order chi connectivity index (χ0) is 18.4. The van der Waals surface area contributed by atoms with Gasteiger partial charge < -0.3 is 10.6 Å². The van der Waals surface area contributed by atoms with Gasteiger partial charge in [-0.2, -0.15) is 8.78 Å². The van der Waals surface area contributed by atoms with E-state index in [0.717, 1.165) is 0 Å².